The largest absolute Gasteiger partial charge is 0.493 e. The minimum Gasteiger partial charge on any atom is -0.493 e. The first kappa shape index (κ1) is 20.0. The normalized spacial score (nSPS) is 10.7. The van der Waals surface area contributed by atoms with Crippen LogP contribution in [0.15, 0.2) is 48.5 Å². The van der Waals surface area contributed by atoms with Crippen LogP contribution in [-0.4, -0.2) is 32.1 Å². The van der Waals surface area contributed by atoms with Crippen molar-refractivity contribution in [2.75, 3.05) is 19.5 Å². The van der Waals surface area contributed by atoms with Crippen molar-refractivity contribution in [2.24, 2.45) is 0 Å². The van der Waals surface area contributed by atoms with Crippen LogP contribution < -0.4 is 20.1 Å². The standard InChI is InChI=1S/C21H24N2O4/c1-14(2)27-18-11-5-15(13-19(18)26-4)6-12-20(24)23-17-9-7-16(8-10-17)21(25)22-3/h5-14H,1-4H3,(H,22,25)(H,23,24)/b12-6+. The summed E-state index contributed by atoms with van der Waals surface area (Å²) in [6.45, 7) is 3.89. The van der Waals surface area contributed by atoms with Gasteiger partial charge in [0.25, 0.3) is 5.91 Å². The fourth-order valence-corrected chi connectivity index (χ4v) is 2.34. The Morgan fingerprint density at radius 2 is 1.74 bits per heavy atom. The Balaban J connectivity index is 2.02. The van der Waals surface area contributed by atoms with Gasteiger partial charge < -0.3 is 20.1 Å². The number of ether oxygens (including phenoxy) is 2. The van der Waals surface area contributed by atoms with Gasteiger partial charge in [-0.2, -0.15) is 0 Å². The van der Waals surface area contributed by atoms with Gasteiger partial charge in [-0.25, -0.2) is 0 Å². The summed E-state index contributed by atoms with van der Waals surface area (Å²) in [5.41, 5.74) is 1.95. The first-order valence-electron chi connectivity index (χ1n) is 8.59. The molecule has 0 saturated carbocycles. The number of carbonyl (C=O) groups is 2. The van der Waals surface area contributed by atoms with Crippen LogP contribution in [-0.2, 0) is 4.79 Å². The summed E-state index contributed by atoms with van der Waals surface area (Å²) >= 11 is 0. The summed E-state index contributed by atoms with van der Waals surface area (Å²) in [6, 6.07) is 12.1. The topological polar surface area (TPSA) is 76.7 Å². The number of hydrogen-bond donors (Lipinski definition) is 2. The maximum atomic E-state index is 12.1. The number of methoxy groups -OCH3 is 1. The fraction of sp³-hybridized carbons (Fsp3) is 0.238. The smallest absolute Gasteiger partial charge is 0.251 e. The van der Waals surface area contributed by atoms with E-state index in [1.807, 2.05) is 26.0 Å². The molecule has 0 aliphatic rings. The molecule has 6 nitrogen and oxygen atoms in total. The molecule has 2 N–H and O–H groups in total. The van der Waals surface area contributed by atoms with Gasteiger partial charge in [0.2, 0.25) is 5.91 Å². The summed E-state index contributed by atoms with van der Waals surface area (Å²) in [5.74, 6) is 0.817. The number of amides is 2. The van der Waals surface area contributed by atoms with Gasteiger partial charge in [-0.1, -0.05) is 6.07 Å². The molecule has 2 aromatic carbocycles. The molecule has 0 heterocycles. The van der Waals surface area contributed by atoms with E-state index >= 15 is 0 Å². The molecule has 0 radical (unpaired) electrons. The fourth-order valence-electron chi connectivity index (χ4n) is 2.34. The maximum absolute atomic E-state index is 12.1. The van der Waals surface area contributed by atoms with Crippen molar-refractivity contribution < 1.29 is 19.1 Å². The number of nitrogens with one attached hydrogen (secondary N) is 2. The van der Waals surface area contributed by atoms with Crippen LogP contribution >= 0.6 is 0 Å². The van der Waals surface area contributed by atoms with Gasteiger partial charge in [0, 0.05) is 24.4 Å². The third-order valence-corrected chi connectivity index (χ3v) is 3.62. The van der Waals surface area contributed by atoms with Crippen molar-refractivity contribution >= 4 is 23.6 Å². The van der Waals surface area contributed by atoms with E-state index in [2.05, 4.69) is 10.6 Å². The number of anilines is 1. The van der Waals surface area contributed by atoms with Crippen LogP contribution in [0.3, 0.4) is 0 Å². The SMILES string of the molecule is CNC(=O)c1ccc(NC(=O)/C=C/c2ccc(OC(C)C)c(OC)c2)cc1. The molecule has 0 atom stereocenters. The average molecular weight is 368 g/mol. The van der Waals surface area contributed by atoms with Crippen molar-refractivity contribution in [3.63, 3.8) is 0 Å². The van der Waals surface area contributed by atoms with Crippen LogP contribution in [0.4, 0.5) is 5.69 Å². The zero-order valence-corrected chi connectivity index (χ0v) is 15.9. The molecule has 2 amide bonds. The van der Waals surface area contributed by atoms with E-state index in [0.717, 1.165) is 5.56 Å². The van der Waals surface area contributed by atoms with Crippen molar-refractivity contribution in [3.8, 4) is 11.5 Å². The molecule has 0 bridgehead atoms. The molecule has 0 saturated heterocycles. The molecule has 2 rings (SSSR count). The monoisotopic (exact) mass is 368 g/mol. The van der Waals surface area contributed by atoms with Crippen LogP contribution in [0.1, 0.15) is 29.8 Å². The molecule has 0 unspecified atom stereocenters. The van der Waals surface area contributed by atoms with Gasteiger partial charge in [-0.15, -0.1) is 0 Å². The summed E-state index contributed by atoms with van der Waals surface area (Å²) in [5, 5.41) is 5.30. The highest BCUT2D eigenvalue weighted by Crippen LogP contribution is 2.29. The predicted octanol–water partition coefficient (Wildman–Crippen LogP) is 3.49. The average Bonchev–Trinajstić information content (AvgIpc) is 2.66. The second-order valence-corrected chi connectivity index (χ2v) is 6.06. The van der Waals surface area contributed by atoms with Crippen molar-refractivity contribution in [2.45, 2.75) is 20.0 Å². The zero-order chi connectivity index (χ0) is 19.8. The molecule has 142 valence electrons. The molecule has 27 heavy (non-hydrogen) atoms. The summed E-state index contributed by atoms with van der Waals surface area (Å²) in [6.07, 6.45) is 3.17. The Morgan fingerprint density at radius 3 is 2.33 bits per heavy atom. The minimum absolute atomic E-state index is 0.0425. The molecule has 0 aromatic heterocycles. The first-order chi connectivity index (χ1) is 12.9. The molecular weight excluding hydrogens is 344 g/mol. The molecule has 0 spiro atoms. The lowest BCUT2D eigenvalue weighted by atomic mass is 10.1. The van der Waals surface area contributed by atoms with E-state index in [-0.39, 0.29) is 17.9 Å². The van der Waals surface area contributed by atoms with Crippen LogP contribution in [0, 0.1) is 0 Å². The van der Waals surface area contributed by atoms with E-state index < -0.39 is 0 Å². The predicted molar refractivity (Wildman–Crippen MR) is 106 cm³/mol. The molecule has 0 aliphatic carbocycles. The Hall–Kier alpha value is -3.28. The third kappa shape index (κ3) is 5.88. The van der Waals surface area contributed by atoms with Gasteiger partial charge in [0.1, 0.15) is 0 Å². The van der Waals surface area contributed by atoms with E-state index in [1.54, 1.807) is 50.6 Å². The zero-order valence-electron chi connectivity index (χ0n) is 15.9. The second-order valence-electron chi connectivity index (χ2n) is 6.06. The highest BCUT2D eigenvalue weighted by Gasteiger charge is 2.07. The van der Waals surface area contributed by atoms with Crippen LogP contribution in [0.25, 0.3) is 6.08 Å². The minimum atomic E-state index is -0.274. The van der Waals surface area contributed by atoms with Gasteiger partial charge in [-0.3, -0.25) is 9.59 Å². The van der Waals surface area contributed by atoms with Gasteiger partial charge in [0.05, 0.1) is 13.2 Å². The van der Waals surface area contributed by atoms with Crippen molar-refractivity contribution in [3.05, 3.63) is 59.7 Å². The lowest BCUT2D eigenvalue weighted by Gasteiger charge is -2.13. The van der Waals surface area contributed by atoms with Gasteiger partial charge in [0.15, 0.2) is 11.5 Å². The summed E-state index contributed by atoms with van der Waals surface area (Å²) < 4.78 is 11.0. The second kappa shape index (κ2) is 9.43. The Kier molecular flexibility index (Phi) is 7.00. The molecule has 0 fully saturated rings. The number of rotatable bonds is 7. The maximum Gasteiger partial charge on any atom is 0.251 e. The highest BCUT2D eigenvalue weighted by molar-refractivity contribution is 6.02. The lowest BCUT2D eigenvalue weighted by Crippen LogP contribution is -2.17. The number of hydrogen-bond acceptors (Lipinski definition) is 4. The summed E-state index contributed by atoms with van der Waals surface area (Å²) in [7, 11) is 3.14. The number of carbonyl (C=O) groups excluding carboxylic acids is 2. The van der Waals surface area contributed by atoms with E-state index in [1.165, 1.54) is 6.08 Å². The third-order valence-electron chi connectivity index (χ3n) is 3.62. The lowest BCUT2D eigenvalue weighted by molar-refractivity contribution is -0.111. The van der Waals surface area contributed by atoms with Crippen molar-refractivity contribution in [1.29, 1.82) is 0 Å². The Bertz CT molecular complexity index is 827. The molecule has 2 aromatic rings. The summed E-state index contributed by atoms with van der Waals surface area (Å²) in [4.78, 5) is 23.6. The van der Waals surface area contributed by atoms with Gasteiger partial charge >= 0.3 is 0 Å². The van der Waals surface area contributed by atoms with Gasteiger partial charge in [-0.05, 0) is 61.9 Å². The Labute approximate surface area is 159 Å². The highest BCUT2D eigenvalue weighted by atomic mass is 16.5. The number of benzene rings is 2. The Morgan fingerprint density at radius 1 is 1.04 bits per heavy atom. The quantitative estimate of drug-likeness (QED) is 0.734. The van der Waals surface area contributed by atoms with Crippen LogP contribution in [0.5, 0.6) is 11.5 Å². The first-order valence-corrected chi connectivity index (χ1v) is 8.59. The van der Waals surface area contributed by atoms with Crippen molar-refractivity contribution in [1.82, 2.24) is 5.32 Å². The molecule has 0 aliphatic heterocycles. The molecule has 6 heteroatoms. The van der Waals surface area contributed by atoms with E-state index in [9.17, 15) is 9.59 Å². The molecular formula is C21H24N2O4. The van der Waals surface area contributed by atoms with E-state index in [0.29, 0.717) is 22.7 Å². The van der Waals surface area contributed by atoms with Crippen LogP contribution in [0.2, 0.25) is 0 Å². The van der Waals surface area contributed by atoms with E-state index in [4.69, 9.17) is 9.47 Å².